The number of hydrogen-bond donors (Lipinski definition) is 2. The van der Waals surface area contributed by atoms with E-state index in [9.17, 15) is 4.79 Å². The van der Waals surface area contributed by atoms with Gasteiger partial charge in [0, 0.05) is 18.1 Å². The third kappa shape index (κ3) is 2.73. The van der Waals surface area contributed by atoms with Gasteiger partial charge in [-0.2, -0.15) is 0 Å². The van der Waals surface area contributed by atoms with Crippen LogP contribution in [0.4, 0.5) is 0 Å². The highest BCUT2D eigenvalue weighted by atomic mass is 16.1. The van der Waals surface area contributed by atoms with E-state index in [1.165, 1.54) is 23.6 Å². The van der Waals surface area contributed by atoms with Crippen LogP contribution in [0, 0.1) is 0 Å². The van der Waals surface area contributed by atoms with Gasteiger partial charge in [-0.15, -0.1) is 0 Å². The van der Waals surface area contributed by atoms with Crippen LogP contribution in [0.5, 0.6) is 0 Å². The summed E-state index contributed by atoms with van der Waals surface area (Å²) in [4.78, 5) is 12.4. The van der Waals surface area contributed by atoms with Crippen LogP contribution in [0.1, 0.15) is 31.2 Å². The molecule has 2 fully saturated rings. The Morgan fingerprint density at radius 3 is 2.59 bits per heavy atom. The van der Waals surface area contributed by atoms with Crippen LogP contribution in [0.25, 0.3) is 10.8 Å². The van der Waals surface area contributed by atoms with Crippen molar-refractivity contribution in [3.05, 3.63) is 48.0 Å². The molecule has 0 spiro atoms. The molecule has 2 heterocycles. The molecule has 2 aliphatic heterocycles. The summed E-state index contributed by atoms with van der Waals surface area (Å²) in [5.41, 5.74) is 1.12. The molecule has 2 N–H and O–H groups in total. The van der Waals surface area contributed by atoms with E-state index in [-0.39, 0.29) is 5.91 Å². The van der Waals surface area contributed by atoms with Gasteiger partial charge < -0.3 is 10.6 Å². The Hall–Kier alpha value is -1.87. The van der Waals surface area contributed by atoms with Gasteiger partial charge in [0.2, 0.25) is 5.91 Å². The monoisotopic (exact) mass is 294 g/mol. The van der Waals surface area contributed by atoms with E-state index >= 15 is 0 Å². The maximum absolute atomic E-state index is 12.4. The highest BCUT2D eigenvalue weighted by Gasteiger charge is 2.33. The predicted octanol–water partition coefficient (Wildman–Crippen LogP) is 2.78. The third-order valence-electron chi connectivity index (χ3n) is 5.07. The normalized spacial score (nSPS) is 27.0. The van der Waals surface area contributed by atoms with E-state index in [0.29, 0.717) is 24.5 Å². The molecule has 2 saturated heterocycles. The van der Waals surface area contributed by atoms with Crippen LogP contribution in [0.2, 0.25) is 0 Å². The van der Waals surface area contributed by atoms with Gasteiger partial charge in [0.1, 0.15) is 0 Å². The Kier molecular flexibility index (Phi) is 3.59. The second-order valence-corrected chi connectivity index (χ2v) is 6.69. The SMILES string of the molecule is O=C(Cc1cccc2ccccc12)NC1CC2CCC(C1)N2. The van der Waals surface area contributed by atoms with Gasteiger partial charge >= 0.3 is 0 Å². The summed E-state index contributed by atoms with van der Waals surface area (Å²) < 4.78 is 0. The van der Waals surface area contributed by atoms with E-state index in [4.69, 9.17) is 0 Å². The van der Waals surface area contributed by atoms with Crippen molar-refractivity contribution in [2.75, 3.05) is 0 Å². The fourth-order valence-corrected chi connectivity index (χ4v) is 4.07. The van der Waals surface area contributed by atoms with E-state index in [0.717, 1.165) is 18.4 Å². The van der Waals surface area contributed by atoms with Gasteiger partial charge in [-0.1, -0.05) is 42.5 Å². The largest absolute Gasteiger partial charge is 0.353 e. The van der Waals surface area contributed by atoms with Crippen molar-refractivity contribution in [3.63, 3.8) is 0 Å². The van der Waals surface area contributed by atoms with Gasteiger partial charge in [-0.25, -0.2) is 0 Å². The van der Waals surface area contributed by atoms with Crippen molar-refractivity contribution in [2.24, 2.45) is 0 Å². The number of amides is 1. The first-order chi connectivity index (χ1) is 10.8. The van der Waals surface area contributed by atoms with Crippen molar-refractivity contribution >= 4 is 16.7 Å². The summed E-state index contributed by atoms with van der Waals surface area (Å²) >= 11 is 0. The molecule has 114 valence electrons. The van der Waals surface area contributed by atoms with Crippen LogP contribution in [-0.2, 0) is 11.2 Å². The average Bonchev–Trinajstić information content (AvgIpc) is 2.86. The number of hydrogen-bond acceptors (Lipinski definition) is 2. The lowest BCUT2D eigenvalue weighted by atomic mass is 9.98. The van der Waals surface area contributed by atoms with E-state index in [2.05, 4.69) is 34.9 Å². The number of carbonyl (C=O) groups excluding carboxylic acids is 1. The summed E-state index contributed by atoms with van der Waals surface area (Å²) in [5, 5.41) is 9.26. The predicted molar refractivity (Wildman–Crippen MR) is 88.8 cm³/mol. The summed E-state index contributed by atoms with van der Waals surface area (Å²) in [6.45, 7) is 0. The minimum Gasteiger partial charge on any atom is -0.353 e. The van der Waals surface area contributed by atoms with Gasteiger partial charge in [0.25, 0.3) is 0 Å². The lowest BCUT2D eigenvalue weighted by Gasteiger charge is -2.29. The minimum absolute atomic E-state index is 0.155. The molecular weight excluding hydrogens is 272 g/mol. The molecule has 4 rings (SSSR count). The number of piperidine rings is 1. The number of nitrogens with one attached hydrogen (secondary N) is 2. The van der Waals surface area contributed by atoms with E-state index in [1.54, 1.807) is 0 Å². The number of fused-ring (bicyclic) bond motifs is 3. The molecule has 2 aromatic carbocycles. The molecule has 0 saturated carbocycles. The molecule has 22 heavy (non-hydrogen) atoms. The summed E-state index contributed by atoms with van der Waals surface area (Å²) in [6.07, 6.45) is 5.16. The molecule has 3 nitrogen and oxygen atoms in total. The molecule has 3 heteroatoms. The van der Waals surface area contributed by atoms with Crippen molar-refractivity contribution in [1.82, 2.24) is 10.6 Å². The first-order valence-corrected chi connectivity index (χ1v) is 8.30. The molecule has 2 unspecified atom stereocenters. The number of rotatable bonds is 3. The topological polar surface area (TPSA) is 41.1 Å². The quantitative estimate of drug-likeness (QED) is 0.914. The molecule has 2 bridgehead atoms. The maximum Gasteiger partial charge on any atom is 0.224 e. The van der Waals surface area contributed by atoms with Crippen molar-refractivity contribution in [3.8, 4) is 0 Å². The summed E-state index contributed by atoms with van der Waals surface area (Å²) in [6, 6.07) is 16.0. The van der Waals surface area contributed by atoms with Gasteiger partial charge in [-0.3, -0.25) is 4.79 Å². The van der Waals surface area contributed by atoms with Crippen LogP contribution in [0.15, 0.2) is 42.5 Å². The standard InChI is InChI=1S/C19H22N2O/c22-19(21-17-11-15-8-9-16(12-17)20-15)10-14-6-3-5-13-4-1-2-7-18(13)14/h1-7,15-17,20H,8-12H2,(H,21,22). The summed E-state index contributed by atoms with van der Waals surface area (Å²) in [5.74, 6) is 0.155. The molecular formula is C19H22N2O. The Morgan fingerprint density at radius 1 is 1.05 bits per heavy atom. The first-order valence-electron chi connectivity index (χ1n) is 8.30. The lowest BCUT2D eigenvalue weighted by molar-refractivity contribution is -0.121. The van der Waals surface area contributed by atoms with Crippen LogP contribution < -0.4 is 10.6 Å². The van der Waals surface area contributed by atoms with Crippen molar-refractivity contribution < 1.29 is 4.79 Å². The Bertz CT molecular complexity index is 679. The van der Waals surface area contributed by atoms with Crippen molar-refractivity contribution in [2.45, 2.75) is 50.2 Å². The number of benzene rings is 2. The molecule has 1 amide bonds. The maximum atomic E-state index is 12.4. The number of carbonyl (C=O) groups is 1. The summed E-state index contributed by atoms with van der Waals surface area (Å²) in [7, 11) is 0. The van der Waals surface area contributed by atoms with Crippen molar-refractivity contribution in [1.29, 1.82) is 0 Å². The van der Waals surface area contributed by atoms with Crippen LogP contribution in [-0.4, -0.2) is 24.0 Å². The molecule has 0 aromatic heterocycles. The van der Waals surface area contributed by atoms with Crippen LogP contribution in [0.3, 0.4) is 0 Å². The van der Waals surface area contributed by atoms with Gasteiger partial charge in [-0.05, 0) is 42.0 Å². The molecule has 0 aliphatic carbocycles. The molecule has 2 atom stereocenters. The zero-order chi connectivity index (χ0) is 14.9. The molecule has 2 aliphatic rings. The second-order valence-electron chi connectivity index (χ2n) is 6.69. The average molecular weight is 294 g/mol. The highest BCUT2D eigenvalue weighted by Crippen LogP contribution is 2.27. The van der Waals surface area contributed by atoms with Gasteiger partial charge in [0.05, 0.1) is 6.42 Å². The first kappa shape index (κ1) is 13.8. The molecule has 2 aromatic rings. The zero-order valence-corrected chi connectivity index (χ0v) is 12.7. The Morgan fingerprint density at radius 2 is 1.77 bits per heavy atom. The zero-order valence-electron chi connectivity index (χ0n) is 12.7. The minimum atomic E-state index is 0.155. The van der Waals surface area contributed by atoms with E-state index < -0.39 is 0 Å². The van der Waals surface area contributed by atoms with E-state index in [1.807, 2.05) is 18.2 Å². The van der Waals surface area contributed by atoms with Gasteiger partial charge in [0.15, 0.2) is 0 Å². The lowest BCUT2D eigenvalue weighted by Crippen LogP contribution is -2.48. The molecule has 0 radical (unpaired) electrons. The fraction of sp³-hybridized carbons (Fsp3) is 0.421. The van der Waals surface area contributed by atoms with Crippen LogP contribution >= 0.6 is 0 Å². The fourth-order valence-electron chi connectivity index (χ4n) is 4.07. The highest BCUT2D eigenvalue weighted by molar-refractivity contribution is 5.90. The second kappa shape index (κ2) is 5.73. The Balaban J connectivity index is 1.45. The third-order valence-corrected chi connectivity index (χ3v) is 5.07. The Labute approximate surface area is 131 Å². The smallest absolute Gasteiger partial charge is 0.224 e.